The topological polar surface area (TPSA) is 71.2 Å². The summed E-state index contributed by atoms with van der Waals surface area (Å²) in [6.45, 7) is 3.52. The van der Waals surface area contributed by atoms with Crippen LogP contribution in [0.15, 0.2) is 12.3 Å². The highest BCUT2D eigenvalue weighted by Crippen LogP contribution is 2.27. The van der Waals surface area contributed by atoms with Gasteiger partial charge in [-0.25, -0.2) is 4.98 Å². The van der Waals surface area contributed by atoms with Crippen LogP contribution in [0.5, 0.6) is 0 Å². The lowest BCUT2D eigenvalue weighted by Gasteiger charge is -2.35. The summed E-state index contributed by atoms with van der Waals surface area (Å²) in [5, 5.41) is 3.87. The third-order valence-electron chi connectivity index (χ3n) is 5.30. The number of amides is 1. The normalized spacial score (nSPS) is 20.9. The smallest absolute Gasteiger partial charge is 0.250 e. The minimum atomic E-state index is -0.507. The Kier molecular flexibility index (Phi) is 5.95. The number of piperidine rings is 1. The van der Waals surface area contributed by atoms with E-state index in [-0.39, 0.29) is 0 Å². The molecule has 2 aliphatic rings. The maximum absolute atomic E-state index is 11.2. The molecule has 0 aromatic carbocycles. The number of nitrogens with one attached hydrogen (secondary N) is 1. The molecule has 132 valence electrons. The molecule has 6 heteroatoms. The van der Waals surface area contributed by atoms with Gasteiger partial charge in [-0.15, -0.1) is 0 Å². The summed E-state index contributed by atoms with van der Waals surface area (Å²) in [6, 6.07) is 1.97. The van der Waals surface area contributed by atoms with E-state index >= 15 is 0 Å². The number of pyridine rings is 1. The van der Waals surface area contributed by atoms with Gasteiger partial charge in [0.2, 0.25) is 5.91 Å². The molecule has 0 spiro atoms. The first kappa shape index (κ1) is 17.5. The zero-order chi connectivity index (χ0) is 16.9. The van der Waals surface area contributed by atoms with Crippen LogP contribution >= 0.6 is 11.6 Å². The minimum absolute atomic E-state index is 0.341. The molecule has 3 rings (SSSR count). The molecule has 1 aromatic rings. The van der Waals surface area contributed by atoms with Crippen molar-refractivity contribution in [1.29, 1.82) is 0 Å². The van der Waals surface area contributed by atoms with E-state index in [2.05, 4.69) is 15.2 Å². The third kappa shape index (κ3) is 4.61. The predicted octanol–water partition coefficient (Wildman–Crippen LogP) is 3.29. The van der Waals surface area contributed by atoms with Gasteiger partial charge in [0.15, 0.2) is 0 Å². The Bertz CT molecular complexity index is 566. The molecular formula is C18H27ClN4O. The van der Waals surface area contributed by atoms with Crippen LogP contribution in [0, 0.1) is 5.92 Å². The quantitative estimate of drug-likeness (QED) is 0.854. The Morgan fingerprint density at radius 3 is 2.58 bits per heavy atom. The monoisotopic (exact) mass is 350 g/mol. The van der Waals surface area contributed by atoms with Gasteiger partial charge < -0.3 is 16.0 Å². The second-order valence-corrected chi connectivity index (χ2v) is 7.55. The van der Waals surface area contributed by atoms with Gasteiger partial charge >= 0.3 is 0 Å². The van der Waals surface area contributed by atoms with Crippen LogP contribution < -0.4 is 11.1 Å². The largest absolute Gasteiger partial charge is 0.366 e. The molecule has 1 aliphatic heterocycles. The molecule has 0 atom stereocenters. The van der Waals surface area contributed by atoms with E-state index in [1.807, 2.05) is 0 Å². The molecule has 1 saturated carbocycles. The highest BCUT2D eigenvalue weighted by Gasteiger charge is 2.23. The minimum Gasteiger partial charge on any atom is -0.366 e. The molecule has 1 aliphatic carbocycles. The number of anilines is 1. The van der Waals surface area contributed by atoms with Crippen LogP contribution in [0.3, 0.4) is 0 Å². The molecular weight excluding hydrogens is 324 g/mol. The van der Waals surface area contributed by atoms with Crippen molar-refractivity contribution in [3.63, 3.8) is 0 Å². The van der Waals surface area contributed by atoms with Crippen LogP contribution in [0.25, 0.3) is 0 Å². The van der Waals surface area contributed by atoms with Crippen molar-refractivity contribution in [3.8, 4) is 0 Å². The van der Waals surface area contributed by atoms with Crippen LogP contribution in [0.1, 0.15) is 55.3 Å². The molecule has 1 saturated heterocycles. The zero-order valence-corrected chi connectivity index (χ0v) is 14.9. The van der Waals surface area contributed by atoms with Gasteiger partial charge in [-0.3, -0.25) is 4.79 Å². The molecule has 1 aromatic heterocycles. The Morgan fingerprint density at radius 2 is 1.96 bits per heavy atom. The second kappa shape index (κ2) is 8.17. The molecule has 0 radical (unpaired) electrons. The maximum Gasteiger partial charge on any atom is 0.250 e. The summed E-state index contributed by atoms with van der Waals surface area (Å²) in [7, 11) is 0. The van der Waals surface area contributed by atoms with E-state index in [0.717, 1.165) is 31.8 Å². The molecule has 2 heterocycles. The van der Waals surface area contributed by atoms with Gasteiger partial charge in [0.25, 0.3) is 0 Å². The van der Waals surface area contributed by atoms with Crippen molar-refractivity contribution >= 4 is 23.3 Å². The average molecular weight is 351 g/mol. The Balaban J connectivity index is 1.47. The number of hydrogen-bond acceptors (Lipinski definition) is 4. The first-order valence-electron chi connectivity index (χ1n) is 9.06. The summed E-state index contributed by atoms with van der Waals surface area (Å²) in [4.78, 5) is 18.0. The van der Waals surface area contributed by atoms with Gasteiger partial charge in [-0.05, 0) is 37.7 Å². The van der Waals surface area contributed by atoms with E-state index in [9.17, 15) is 4.79 Å². The summed E-state index contributed by atoms with van der Waals surface area (Å²) < 4.78 is 0. The number of rotatable bonds is 5. The fourth-order valence-electron chi connectivity index (χ4n) is 3.87. The maximum atomic E-state index is 11.2. The highest BCUT2D eigenvalue weighted by molar-refractivity contribution is 6.33. The molecule has 0 unspecified atom stereocenters. The van der Waals surface area contributed by atoms with E-state index in [1.165, 1.54) is 44.8 Å². The number of aromatic nitrogens is 1. The van der Waals surface area contributed by atoms with Crippen LogP contribution in [0.4, 0.5) is 5.82 Å². The van der Waals surface area contributed by atoms with E-state index < -0.39 is 5.91 Å². The Hall–Kier alpha value is -1.33. The first-order chi connectivity index (χ1) is 11.6. The number of likely N-dealkylation sites (tertiary alicyclic amines) is 1. The lowest BCUT2D eigenvalue weighted by Crippen LogP contribution is -2.41. The summed E-state index contributed by atoms with van der Waals surface area (Å²) in [5.74, 6) is 1.04. The fraction of sp³-hybridized carbons (Fsp3) is 0.667. The standard InChI is InChI=1S/C18H27ClN4O/c19-16-10-14(17(20)24)11-21-18(16)22-15-6-8-23(9-7-15)12-13-4-2-1-3-5-13/h10-11,13,15H,1-9,12H2,(H2,20,24)(H,21,22). The van der Waals surface area contributed by atoms with Gasteiger partial charge in [-0.2, -0.15) is 0 Å². The van der Waals surface area contributed by atoms with Crippen molar-refractivity contribution in [2.45, 2.75) is 51.0 Å². The first-order valence-corrected chi connectivity index (χ1v) is 9.44. The molecule has 1 amide bonds. The van der Waals surface area contributed by atoms with Gasteiger partial charge in [0.1, 0.15) is 5.82 Å². The zero-order valence-electron chi connectivity index (χ0n) is 14.1. The number of halogens is 1. The van der Waals surface area contributed by atoms with Crippen molar-refractivity contribution in [2.24, 2.45) is 11.7 Å². The van der Waals surface area contributed by atoms with Crippen molar-refractivity contribution < 1.29 is 4.79 Å². The summed E-state index contributed by atoms with van der Waals surface area (Å²) >= 11 is 6.21. The number of nitrogens with zero attached hydrogens (tertiary/aromatic N) is 2. The summed E-state index contributed by atoms with van der Waals surface area (Å²) in [6.07, 6.45) is 10.7. The van der Waals surface area contributed by atoms with Crippen molar-refractivity contribution in [1.82, 2.24) is 9.88 Å². The summed E-state index contributed by atoms with van der Waals surface area (Å²) in [5.41, 5.74) is 5.59. The van der Waals surface area contributed by atoms with E-state index in [1.54, 1.807) is 6.07 Å². The Morgan fingerprint density at radius 1 is 1.25 bits per heavy atom. The number of nitrogens with two attached hydrogens (primary N) is 1. The molecule has 2 fully saturated rings. The molecule has 3 N–H and O–H groups in total. The number of hydrogen-bond donors (Lipinski definition) is 2. The van der Waals surface area contributed by atoms with Gasteiger partial charge in [0, 0.05) is 31.9 Å². The lowest BCUT2D eigenvalue weighted by molar-refractivity contribution is 0.1000. The molecule has 24 heavy (non-hydrogen) atoms. The van der Waals surface area contributed by atoms with Crippen molar-refractivity contribution in [2.75, 3.05) is 25.0 Å². The van der Waals surface area contributed by atoms with Gasteiger partial charge in [-0.1, -0.05) is 30.9 Å². The van der Waals surface area contributed by atoms with E-state index in [0.29, 0.717) is 22.4 Å². The SMILES string of the molecule is NC(=O)c1cnc(NC2CCN(CC3CCCCC3)CC2)c(Cl)c1. The number of carbonyl (C=O) groups excluding carboxylic acids is 1. The number of carbonyl (C=O) groups is 1. The third-order valence-corrected chi connectivity index (χ3v) is 5.58. The van der Waals surface area contributed by atoms with Gasteiger partial charge in [0.05, 0.1) is 10.6 Å². The molecule has 0 bridgehead atoms. The average Bonchev–Trinajstić information content (AvgIpc) is 2.59. The van der Waals surface area contributed by atoms with E-state index in [4.69, 9.17) is 17.3 Å². The highest BCUT2D eigenvalue weighted by atomic mass is 35.5. The predicted molar refractivity (Wildman–Crippen MR) is 97.4 cm³/mol. The van der Waals surface area contributed by atoms with Crippen LogP contribution in [-0.2, 0) is 0 Å². The Labute approximate surface area is 148 Å². The second-order valence-electron chi connectivity index (χ2n) is 7.14. The number of primary amides is 1. The fourth-order valence-corrected chi connectivity index (χ4v) is 4.09. The van der Waals surface area contributed by atoms with Crippen LogP contribution in [0.2, 0.25) is 5.02 Å². The lowest BCUT2D eigenvalue weighted by atomic mass is 9.88. The van der Waals surface area contributed by atoms with Crippen molar-refractivity contribution in [3.05, 3.63) is 22.8 Å². The molecule has 5 nitrogen and oxygen atoms in total. The van der Waals surface area contributed by atoms with Crippen LogP contribution in [-0.4, -0.2) is 41.5 Å².